The van der Waals surface area contributed by atoms with Gasteiger partial charge < -0.3 is 10.2 Å². The number of aromatic nitrogens is 1. The predicted molar refractivity (Wildman–Crippen MR) is 71.2 cm³/mol. The summed E-state index contributed by atoms with van der Waals surface area (Å²) in [6.07, 6.45) is 2.04. The molecule has 0 radical (unpaired) electrons. The molecule has 0 bridgehead atoms. The number of carbonyl (C=O) groups excluding carboxylic acids is 2. The van der Waals surface area contributed by atoms with Crippen LogP contribution in [0.25, 0.3) is 0 Å². The highest BCUT2D eigenvalue weighted by molar-refractivity contribution is 5.93. The molecule has 0 spiro atoms. The summed E-state index contributed by atoms with van der Waals surface area (Å²) in [4.78, 5) is 30.2. The summed E-state index contributed by atoms with van der Waals surface area (Å²) in [5.41, 5.74) is -0.0302. The van der Waals surface area contributed by atoms with Gasteiger partial charge in [0.05, 0.1) is 11.7 Å². The Hall–Kier alpha value is -1.91. The molecular weight excluding hydrogens is 242 g/mol. The molecule has 5 heteroatoms. The Morgan fingerprint density at radius 2 is 2.11 bits per heavy atom. The van der Waals surface area contributed by atoms with Crippen LogP contribution in [0.3, 0.4) is 0 Å². The van der Waals surface area contributed by atoms with E-state index in [2.05, 4.69) is 10.3 Å². The monoisotopic (exact) mass is 261 g/mol. The first kappa shape index (κ1) is 13.5. The lowest BCUT2D eigenvalue weighted by Gasteiger charge is -2.32. The van der Waals surface area contributed by atoms with E-state index in [0.29, 0.717) is 13.0 Å². The fourth-order valence-electron chi connectivity index (χ4n) is 2.30. The summed E-state index contributed by atoms with van der Waals surface area (Å²) < 4.78 is 0. The van der Waals surface area contributed by atoms with Crippen molar-refractivity contribution in [3.63, 3.8) is 0 Å². The molecular formula is C14H19N3O2. The number of nitrogens with zero attached hydrogens (tertiary/aromatic N) is 2. The van der Waals surface area contributed by atoms with Gasteiger partial charge in [-0.05, 0) is 32.9 Å². The third-order valence-electron chi connectivity index (χ3n) is 3.41. The maximum Gasteiger partial charge on any atom is 0.248 e. The van der Waals surface area contributed by atoms with Crippen molar-refractivity contribution in [3.8, 4) is 0 Å². The van der Waals surface area contributed by atoms with Crippen LogP contribution in [0, 0.1) is 0 Å². The molecule has 1 atom stereocenters. The minimum absolute atomic E-state index is 0.0727. The molecule has 19 heavy (non-hydrogen) atoms. The third-order valence-corrected chi connectivity index (χ3v) is 3.41. The van der Waals surface area contributed by atoms with Gasteiger partial charge in [0, 0.05) is 19.2 Å². The topological polar surface area (TPSA) is 62.3 Å². The normalized spacial score (nSPS) is 20.7. The van der Waals surface area contributed by atoms with E-state index >= 15 is 0 Å². The fourth-order valence-corrected chi connectivity index (χ4v) is 2.30. The third kappa shape index (κ3) is 2.75. The zero-order chi connectivity index (χ0) is 14.0. The first-order valence-corrected chi connectivity index (χ1v) is 6.45. The van der Waals surface area contributed by atoms with E-state index in [0.717, 1.165) is 5.69 Å². The second-order valence-electron chi connectivity index (χ2n) is 5.35. The van der Waals surface area contributed by atoms with Gasteiger partial charge in [-0.3, -0.25) is 14.6 Å². The second-order valence-corrected chi connectivity index (χ2v) is 5.35. The molecule has 1 unspecified atom stereocenters. The van der Waals surface area contributed by atoms with Gasteiger partial charge in [0.2, 0.25) is 11.8 Å². The summed E-state index contributed by atoms with van der Waals surface area (Å²) in [5, 5.41) is 2.75. The van der Waals surface area contributed by atoms with Crippen LogP contribution in [-0.4, -0.2) is 33.8 Å². The fraction of sp³-hybridized carbons (Fsp3) is 0.500. The predicted octanol–water partition coefficient (Wildman–Crippen LogP) is 1.27. The van der Waals surface area contributed by atoms with Gasteiger partial charge in [-0.15, -0.1) is 0 Å². The van der Waals surface area contributed by atoms with Crippen LogP contribution in [0.4, 0.5) is 0 Å². The summed E-state index contributed by atoms with van der Waals surface area (Å²) >= 11 is 0. The van der Waals surface area contributed by atoms with Gasteiger partial charge >= 0.3 is 0 Å². The molecule has 2 amide bonds. The molecule has 0 saturated carbocycles. The van der Waals surface area contributed by atoms with E-state index < -0.39 is 5.54 Å². The van der Waals surface area contributed by atoms with Gasteiger partial charge in [-0.25, -0.2) is 0 Å². The Labute approximate surface area is 113 Å². The van der Waals surface area contributed by atoms with E-state index in [1.807, 2.05) is 25.1 Å². The zero-order valence-electron chi connectivity index (χ0n) is 11.5. The Kier molecular flexibility index (Phi) is 3.55. The van der Waals surface area contributed by atoms with Crippen LogP contribution < -0.4 is 5.32 Å². The van der Waals surface area contributed by atoms with Gasteiger partial charge in [0.25, 0.3) is 0 Å². The number of carbonyl (C=O) groups is 2. The van der Waals surface area contributed by atoms with Crippen LogP contribution >= 0.6 is 0 Å². The second kappa shape index (κ2) is 4.99. The molecule has 2 rings (SSSR count). The Morgan fingerprint density at radius 3 is 2.74 bits per heavy atom. The van der Waals surface area contributed by atoms with Crippen molar-refractivity contribution in [2.75, 3.05) is 6.54 Å². The molecule has 1 aliphatic heterocycles. The zero-order valence-corrected chi connectivity index (χ0v) is 11.5. The maximum absolute atomic E-state index is 12.5. The van der Waals surface area contributed by atoms with Crippen molar-refractivity contribution >= 4 is 11.8 Å². The lowest BCUT2D eigenvalue weighted by molar-refractivity contribution is -0.139. The summed E-state index contributed by atoms with van der Waals surface area (Å²) in [7, 11) is 0. The molecule has 0 aromatic carbocycles. The van der Waals surface area contributed by atoms with Crippen molar-refractivity contribution < 1.29 is 9.59 Å². The van der Waals surface area contributed by atoms with Crippen molar-refractivity contribution in [1.82, 2.24) is 15.2 Å². The van der Waals surface area contributed by atoms with Crippen molar-refractivity contribution in [1.29, 1.82) is 0 Å². The molecule has 1 saturated heterocycles. The summed E-state index contributed by atoms with van der Waals surface area (Å²) in [6, 6.07) is 5.50. The van der Waals surface area contributed by atoms with E-state index in [4.69, 9.17) is 0 Å². The van der Waals surface area contributed by atoms with Crippen LogP contribution in [0.2, 0.25) is 0 Å². The van der Waals surface area contributed by atoms with Crippen LogP contribution in [0.15, 0.2) is 24.4 Å². The van der Waals surface area contributed by atoms with Crippen LogP contribution in [0.5, 0.6) is 0 Å². The van der Waals surface area contributed by atoms with Gasteiger partial charge in [0.1, 0.15) is 5.54 Å². The lowest BCUT2D eigenvalue weighted by Crippen LogP contribution is -2.53. The van der Waals surface area contributed by atoms with Crippen LogP contribution in [0.1, 0.15) is 38.9 Å². The minimum Gasteiger partial charge on any atom is -0.342 e. The summed E-state index contributed by atoms with van der Waals surface area (Å²) in [5.74, 6) is -0.162. The average Bonchev–Trinajstić information content (AvgIpc) is 2.47. The lowest BCUT2D eigenvalue weighted by atomic mass is 10.0. The largest absolute Gasteiger partial charge is 0.342 e. The van der Waals surface area contributed by atoms with Crippen LogP contribution in [-0.2, 0) is 9.59 Å². The Balaban J connectivity index is 2.28. The molecule has 1 aromatic rings. The highest BCUT2D eigenvalue weighted by Gasteiger charge is 2.38. The molecule has 1 N–H and O–H groups in total. The number of amides is 2. The smallest absolute Gasteiger partial charge is 0.248 e. The average molecular weight is 261 g/mol. The number of hydrogen-bond acceptors (Lipinski definition) is 3. The highest BCUT2D eigenvalue weighted by atomic mass is 16.2. The quantitative estimate of drug-likeness (QED) is 0.872. The summed E-state index contributed by atoms with van der Waals surface area (Å²) in [6.45, 7) is 5.82. The first-order valence-electron chi connectivity index (χ1n) is 6.45. The van der Waals surface area contributed by atoms with Gasteiger partial charge in [-0.2, -0.15) is 0 Å². The van der Waals surface area contributed by atoms with E-state index in [9.17, 15) is 9.59 Å². The Morgan fingerprint density at radius 1 is 1.37 bits per heavy atom. The van der Waals surface area contributed by atoms with Crippen molar-refractivity contribution in [2.45, 2.75) is 38.8 Å². The number of nitrogens with one attached hydrogen (secondary N) is 1. The van der Waals surface area contributed by atoms with Crippen molar-refractivity contribution in [2.24, 2.45) is 0 Å². The maximum atomic E-state index is 12.5. The Bertz CT molecular complexity index is 485. The standard InChI is InChI=1S/C14H19N3O2/c1-10(11-6-4-5-8-15-11)17-9-7-12(18)16-14(2,3)13(17)19/h4-6,8,10H,7,9H2,1-3H3,(H,16,18). The molecule has 0 aliphatic carbocycles. The molecule has 1 fully saturated rings. The minimum atomic E-state index is -0.864. The number of rotatable bonds is 2. The SMILES string of the molecule is CC(c1ccccn1)N1CCC(=O)NC(C)(C)C1=O. The molecule has 2 heterocycles. The number of hydrogen-bond donors (Lipinski definition) is 1. The molecule has 5 nitrogen and oxygen atoms in total. The number of pyridine rings is 1. The highest BCUT2D eigenvalue weighted by Crippen LogP contribution is 2.23. The van der Waals surface area contributed by atoms with Gasteiger partial charge in [0.15, 0.2) is 0 Å². The van der Waals surface area contributed by atoms with E-state index in [-0.39, 0.29) is 17.9 Å². The molecule has 1 aromatic heterocycles. The van der Waals surface area contributed by atoms with Crippen molar-refractivity contribution in [3.05, 3.63) is 30.1 Å². The molecule has 102 valence electrons. The van der Waals surface area contributed by atoms with E-state index in [1.165, 1.54) is 0 Å². The first-order chi connectivity index (χ1) is 8.92. The van der Waals surface area contributed by atoms with E-state index in [1.54, 1.807) is 24.9 Å². The molecule has 1 aliphatic rings. The van der Waals surface area contributed by atoms with Gasteiger partial charge in [-0.1, -0.05) is 6.07 Å².